The molecule has 2 N–H and O–H groups in total. The van der Waals surface area contributed by atoms with Crippen molar-refractivity contribution in [1.29, 1.82) is 0 Å². The zero-order valence-corrected chi connectivity index (χ0v) is 14.6. The van der Waals surface area contributed by atoms with Crippen molar-refractivity contribution in [3.05, 3.63) is 47.1 Å². The van der Waals surface area contributed by atoms with E-state index in [0.717, 1.165) is 36.0 Å². The van der Waals surface area contributed by atoms with E-state index in [9.17, 15) is 10.2 Å². The van der Waals surface area contributed by atoms with Gasteiger partial charge in [0.25, 0.3) is 0 Å². The van der Waals surface area contributed by atoms with Crippen molar-refractivity contribution in [2.45, 2.75) is 52.1 Å². The van der Waals surface area contributed by atoms with E-state index < -0.39 is 0 Å². The SMILES string of the molecule is C=C(C)[C@@H]1C[C@H](OC)C(C)=C[C@H]1c1c(O)cc(CCC)cc1O. The van der Waals surface area contributed by atoms with Crippen LogP contribution in [0.4, 0.5) is 0 Å². The van der Waals surface area contributed by atoms with Crippen molar-refractivity contribution in [2.24, 2.45) is 5.92 Å². The summed E-state index contributed by atoms with van der Waals surface area (Å²) in [6.07, 6.45) is 4.80. The summed E-state index contributed by atoms with van der Waals surface area (Å²) in [5.74, 6) is 0.404. The molecule has 0 radical (unpaired) electrons. The average molecular weight is 316 g/mol. The van der Waals surface area contributed by atoms with Crippen LogP contribution in [0, 0.1) is 5.92 Å². The van der Waals surface area contributed by atoms with Gasteiger partial charge in [-0.3, -0.25) is 0 Å². The molecule has 3 nitrogen and oxygen atoms in total. The van der Waals surface area contributed by atoms with Gasteiger partial charge in [-0.1, -0.05) is 31.6 Å². The fraction of sp³-hybridized carbons (Fsp3) is 0.500. The quantitative estimate of drug-likeness (QED) is 0.775. The van der Waals surface area contributed by atoms with Crippen LogP contribution in [0.25, 0.3) is 0 Å². The molecule has 0 aliphatic heterocycles. The molecule has 0 saturated heterocycles. The average Bonchev–Trinajstić information content (AvgIpc) is 2.46. The van der Waals surface area contributed by atoms with E-state index in [2.05, 4.69) is 19.6 Å². The van der Waals surface area contributed by atoms with Crippen LogP contribution >= 0.6 is 0 Å². The minimum absolute atomic E-state index is 0.0663. The van der Waals surface area contributed by atoms with Crippen LogP contribution in [-0.4, -0.2) is 23.4 Å². The molecule has 3 heteroatoms. The molecule has 23 heavy (non-hydrogen) atoms. The molecule has 3 atom stereocenters. The largest absolute Gasteiger partial charge is 0.507 e. The Balaban J connectivity index is 2.50. The lowest BCUT2D eigenvalue weighted by molar-refractivity contribution is 0.103. The van der Waals surface area contributed by atoms with Gasteiger partial charge < -0.3 is 14.9 Å². The Bertz CT molecular complexity index is 592. The molecule has 1 aromatic carbocycles. The lowest BCUT2D eigenvalue weighted by Crippen LogP contribution is -2.27. The maximum Gasteiger partial charge on any atom is 0.123 e. The molecule has 0 amide bonds. The Kier molecular flexibility index (Phi) is 5.53. The predicted octanol–water partition coefficient (Wildman–Crippen LogP) is 4.69. The first kappa shape index (κ1) is 17.6. The molecule has 0 saturated carbocycles. The fourth-order valence-corrected chi connectivity index (χ4v) is 3.60. The van der Waals surface area contributed by atoms with Crippen LogP contribution in [0.2, 0.25) is 0 Å². The van der Waals surface area contributed by atoms with Crippen molar-refractivity contribution in [1.82, 2.24) is 0 Å². The van der Waals surface area contributed by atoms with Gasteiger partial charge in [-0.25, -0.2) is 0 Å². The van der Waals surface area contributed by atoms with Crippen LogP contribution in [0.3, 0.4) is 0 Å². The van der Waals surface area contributed by atoms with Crippen LogP contribution in [0.5, 0.6) is 11.5 Å². The Morgan fingerprint density at radius 3 is 2.39 bits per heavy atom. The molecule has 0 aromatic heterocycles. The van der Waals surface area contributed by atoms with Gasteiger partial charge in [0.05, 0.1) is 6.10 Å². The van der Waals surface area contributed by atoms with Crippen molar-refractivity contribution < 1.29 is 14.9 Å². The number of rotatable bonds is 5. The second kappa shape index (κ2) is 7.22. The van der Waals surface area contributed by atoms with E-state index in [1.165, 1.54) is 0 Å². The van der Waals surface area contributed by atoms with E-state index >= 15 is 0 Å². The zero-order valence-electron chi connectivity index (χ0n) is 14.6. The molecule has 0 heterocycles. The molecule has 0 spiro atoms. The van der Waals surface area contributed by atoms with E-state index in [-0.39, 0.29) is 29.4 Å². The summed E-state index contributed by atoms with van der Waals surface area (Å²) in [6, 6.07) is 3.55. The fourth-order valence-electron chi connectivity index (χ4n) is 3.60. The first-order valence-electron chi connectivity index (χ1n) is 8.30. The number of phenolic OH excluding ortho intramolecular Hbond substituents is 2. The maximum atomic E-state index is 10.5. The Morgan fingerprint density at radius 2 is 1.91 bits per heavy atom. The number of phenols is 2. The summed E-state index contributed by atoms with van der Waals surface area (Å²) in [6.45, 7) is 10.2. The number of aryl methyl sites for hydroxylation is 1. The highest BCUT2D eigenvalue weighted by Crippen LogP contribution is 2.46. The van der Waals surface area contributed by atoms with Crippen molar-refractivity contribution in [3.63, 3.8) is 0 Å². The van der Waals surface area contributed by atoms with Crippen LogP contribution in [0.1, 0.15) is 50.7 Å². The van der Waals surface area contributed by atoms with Gasteiger partial charge in [0, 0.05) is 18.6 Å². The maximum absolute atomic E-state index is 10.5. The number of hydrogen-bond donors (Lipinski definition) is 2. The molecule has 126 valence electrons. The summed E-state index contributed by atoms with van der Waals surface area (Å²) < 4.78 is 5.55. The van der Waals surface area contributed by atoms with E-state index in [1.54, 1.807) is 19.2 Å². The summed E-state index contributed by atoms with van der Waals surface area (Å²) in [4.78, 5) is 0. The first-order valence-corrected chi connectivity index (χ1v) is 8.30. The number of ether oxygens (including phenoxy) is 1. The molecule has 1 aromatic rings. The molecule has 0 bridgehead atoms. The predicted molar refractivity (Wildman–Crippen MR) is 94.0 cm³/mol. The molecular weight excluding hydrogens is 288 g/mol. The minimum Gasteiger partial charge on any atom is -0.507 e. The van der Waals surface area contributed by atoms with Gasteiger partial charge in [-0.2, -0.15) is 0 Å². The number of allylic oxidation sites excluding steroid dienone is 2. The molecular formula is C20H28O3. The Morgan fingerprint density at radius 1 is 1.30 bits per heavy atom. The zero-order chi connectivity index (χ0) is 17.1. The molecule has 0 fully saturated rings. The van der Waals surface area contributed by atoms with Crippen LogP contribution in [-0.2, 0) is 11.2 Å². The van der Waals surface area contributed by atoms with E-state index in [0.29, 0.717) is 5.56 Å². The molecule has 2 rings (SSSR count). The first-order chi connectivity index (χ1) is 10.9. The van der Waals surface area contributed by atoms with Gasteiger partial charge in [0.2, 0.25) is 0 Å². The Hall–Kier alpha value is -1.74. The van der Waals surface area contributed by atoms with Crippen LogP contribution in [0.15, 0.2) is 35.9 Å². The Labute approximate surface area is 139 Å². The second-order valence-corrected chi connectivity index (χ2v) is 6.65. The van der Waals surface area contributed by atoms with E-state index in [4.69, 9.17) is 4.74 Å². The van der Waals surface area contributed by atoms with Crippen molar-refractivity contribution in [3.8, 4) is 11.5 Å². The topological polar surface area (TPSA) is 49.7 Å². The number of methoxy groups -OCH3 is 1. The third kappa shape index (κ3) is 3.61. The summed E-state index contributed by atoms with van der Waals surface area (Å²) in [5, 5.41) is 21.0. The number of benzene rings is 1. The summed E-state index contributed by atoms with van der Waals surface area (Å²) in [5.41, 5.74) is 3.74. The van der Waals surface area contributed by atoms with Crippen molar-refractivity contribution in [2.75, 3.05) is 7.11 Å². The summed E-state index contributed by atoms with van der Waals surface area (Å²) >= 11 is 0. The highest BCUT2D eigenvalue weighted by molar-refractivity contribution is 5.52. The number of aromatic hydroxyl groups is 2. The second-order valence-electron chi connectivity index (χ2n) is 6.65. The van der Waals surface area contributed by atoms with Gasteiger partial charge in [0.1, 0.15) is 11.5 Å². The van der Waals surface area contributed by atoms with Crippen molar-refractivity contribution >= 4 is 0 Å². The molecule has 1 aliphatic carbocycles. The van der Waals surface area contributed by atoms with Gasteiger partial charge in [-0.15, -0.1) is 0 Å². The molecule has 0 unspecified atom stereocenters. The smallest absolute Gasteiger partial charge is 0.123 e. The van der Waals surface area contributed by atoms with Gasteiger partial charge >= 0.3 is 0 Å². The minimum atomic E-state index is -0.0745. The molecule has 1 aliphatic rings. The number of hydrogen-bond acceptors (Lipinski definition) is 3. The van der Waals surface area contributed by atoms with Crippen LogP contribution < -0.4 is 0 Å². The lowest BCUT2D eigenvalue weighted by Gasteiger charge is -2.35. The highest BCUT2D eigenvalue weighted by Gasteiger charge is 2.34. The third-order valence-electron chi connectivity index (χ3n) is 4.84. The normalized spacial score (nSPS) is 24.3. The summed E-state index contributed by atoms with van der Waals surface area (Å²) in [7, 11) is 1.71. The standard InChI is InChI=1S/C20H28O3/c1-6-7-14-9-17(21)20(18(22)10-14)16-8-13(4)19(23-5)11-15(16)12(2)3/h8-10,15-16,19,21-22H,2,6-7,11H2,1,3-5H3/t15-,16+,19-/m0/s1. The monoisotopic (exact) mass is 316 g/mol. The van der Waals surface area contributed by atoms with Gasteiger partial charge in [-0.05, 0) is 55.9 Å². The highest BCUT2D eigenvalue weighted by atomic mass is 16.5. The third-order valence-corrected chi connectivity index (χ3v) is 4.84. The lowest BCUT2D eigenvalue weighted by atomic mass is 9.72. The van der Waals surface area contributed by atoms with E-state index in [1.807, 2.05) is 13.8 Å². The van der Waals surface area contributed by atoms with Gasteiger partial charge in [0.15, 0.2) is 0 Å².